The average molecular weight is 441 g/mol. The first kappa shape index (κ1) is 20.1. The second kappa shape index (κ2) is 7.78. The summed E-state index contributed by atoms with van der Waals surface area (Å²) < 4.78 is 5.33. The Morgan fingerprint density at radius 1 is 1.06 bits per heavy atom. The van der Waals surface area contributed by atoms with E-state index in [9.17, 15) is 0 Å². The molecule has 0 radical (unpaired) electrons. The van der Waals surface area contributed by atoms with Gasteiger partial charge in [0.1, 0.15) is 5.75 Å². The van der Waals surface area contributed by atoms with Crippen molar-refractivity contribution in [3.05, 3.63) is 60.3 Å². The summed E-state index contributed by atoms with van der Waals surface area (Å²) in [5.74, 6) is 1.41. The molecule has 2 aromatic heterocycles. The van der Waals surface area contributed by atoms with Crippen LogP contribution in [0.3, 0.4) is 0 Å². The van der Waals surface area contributed by atoms with E-state index in [-0.39, 0.29) is 0 Å². The van der Waals surface area contributed by atoms with Gasteiger partial charge in [0.15, 0.2) is 0 Å². The highest BCUT2D eigenvalue weighted by atomic mass is 16.5. The number of fused-ring (bicyclic) bond motifs is 3. The third kappa shape index (κ3) is 3.58. The highest BCUT2D eigenvalue weighted by molar-refractivity contribution is 5.86. The summed E-state index contributed by atoms with van der Waals surface area (Å²) in [5, 5.41) is 4.50. The number of piperazine rings is 1. The number of aryl methyl sites for hydroxylation is 1. The predicted octanol–water partition coefficient (Wildman–Crippen LogP) is 4.58. The zero-order valence-electron chi connectivity index (χ0n) is 19.2. The van der Waals surface area contributed by atoms with Crippen molar-refractivity contribution in [2.75, 3.05) is 37.5 Å². The van der Waals surface area contributed by atoms with Crippen LogP contribution in [0.5, 0.6) is 5.75 Å². The monoisotopic (exact) mass is 440 g/mol. The minimum atomic E-state index is 0.581. The van der Waals surface area contributed by atoms with Crippen molar-refractivity contribution in [2.24, 2.45) is 0 Å². The Balaban J connectivity index is 1.22. The number of likely N-dealkylation sites (N-methyl/N-ethyl adjacent to an activating group) is 1. The van der Waals surface area contributed by atoms with E-state index in [1.54, 1.807) is 13.3 Å². The standard InChI is InChI=1S/C26H28N6O/c1-16-10-18(5-7-25(16)32-15-19-12-20(32)14-31(19)2)28-26-27-9-8-22(30-26)24-11-17-4-6-21(33-3)13-23(17)29-24/h4-11,13,19-20,29H,12,14-15H2,1-3H3,(H,27,28,30). The molecule has 0 aliphatic carbocycles. The lowest BCUT2D eigenvalue weighted by atomic mass is 10.1. The van der Waals surface area contributed by atoms with Crippen molar-refractivity contribution < 1.29 is 4.74 Å². The number of hydrogen-bond acceptors (Lipinski definition) is 6. The second-order valence-corrected chi connectivity index (χ2v) is 9.16. The normalized spacial score (nSPS) is 20.0. The molecule has 168 valence electrons. The molecule has 0 spiro atoms. The topological polar surface area (TPSA) is 69.3 Å². The van der Waals surface area contributed by atoms with Crippen LogP contribution < -0.4 is 15.0 Å². The Hall–Kier alpha value is -3.58. The highest BCUT2D eigenvalue weighted by Crippen LogP contribution is 2.36. The zero-order valence-corrected chi connectivity index (χ0v) is 19.2. The number of nitrogens with zero attached hydrogens (tertiary/aromatic N) is 4. The first-order valence-electron chi connectivity index (χ1n) is 11.4. The molecule has 4 heterocycles. The quantitative estimate of drug-likeness (QED) is 0.474. The fraction of sp³-hybridized carbons (Fsp3) is 0.308. The first-order chi connectivity index (χ1) is 16.1. The van der Waals surface area contributed by atoms with Gasteiger partial charge < -0.3 is 19.9 Å². The van der Waals surface area contributed by atoms with Crippen LogP contribution in [-0.2, 0) is 0 Å². The van der Waals surface area contributed by atoms with Gasteiger partial charge >= 0.3 is 0 Å². The molecule has 0 saturated carbocycles. The minimum Gasteiger partial charge on any atom is -0.497 e. The summed E-state index contributed by atoms with van der Waals surface area (Å²) >= 11 is 0. The molecule has 2 saturated heterocycles. The smallest absolute Gasteiger partial charge is 0.227 e. The Morgan fingerprint density at radius 3 is 2.73 bits per heavy atom. The molecule has 7 heteroatoms. The van der Waals surface area contributed by atoms with E-state index in [1.165, 1.54) is 17.7 Å². The Bertz CT molecular complexity index is 1330. The third-order valence-corrected chi connectivity index (χ3v) is 7.04. The van der Waals surface area contributed by atoms with Crippen LogP contribution >= 0.6 is 0 Å². The molecular formula is C26H28N6O. The number of likely N-dealkylation sites (tertiary alicyclic amines) is 1. The maximum Gasteiger partial charge on any atom is 0.227 e. The SMILES string of the molecule is COc1ccc2cc(-c3ccnc(Nc4ccc(N5CC6CC5CN6C)c(C)c4)n3)[nH]c2c1. The zero-order chi connectivity index (χ0) is 22.5. The van der Waals surface area contributed by atoms with Gasteiger partial charge in [-0.1, -0.05) is 0 Å². The molecule has 0 amide bonds. The number of ether oxygens (including phenoxy) is 1. The lowest BCUT2D eigenvalue weighted by Gasteiger charge is -2.34. The molecule has 6 rings (SSSR count). The van der Waals surface area contributed by atoms with Crippen LogP contribution in [-0.4, -0.2) is 59.2 Å². The summed E-state index contributed by atoms with van der Waals surface area (Å²) in [5.41, 5.74) is 6.42. The van der Waals surface area contributed by atoms with Gasteiger partial charge in [-0.2, -0.15) is 0 Å². The van der Waals surface area contributed by atoms with E-state index < -0.39 is 0 Å². The molecule has 2 aliphatic heterocycles. The van der Waals surface area contributed by atoms with Gasteiger partial charge in [0.05, 0.1) is 18.5 Å². The van der Waals surface area contributed by atoms with Crippen molar-refractivity contribution in [2.45, 2.75) is 25.4 Å². The lowest BCUT2D eigenvalue weighted by Crippen LogP contribution is -2.44. The van der Waals surface area contributed by atoms with Crippen LogP contribution in [0.25, 0.3) is 22.3 Å². The van der Waals surface area contributed by atoms with Gasteiger partial charge in [0.2, 0.25) is 5.95 Å². The summed E-state index contributed by atoms with van der Waals surface area (Å²) in [6.07, 6.45) is 3.06. The Kier molecular flexibility index (Phi) is 4.73. The minimum absolute atomic E-state index is 0.581. The number of rotatable bonds is 5. The maximum absolute atomic E-state index is 5.33. The van der Waals surface area contributed by atoms with Gasteiger partial charge in [-0.3, -0.25) is 4.90 Å². The van der Waals surface area contributed by atoms with Crippen molar-refractivity contribution in [1.82, 2.24) is 19.9 Å². The van der Waals surface area contributed by atoms with Crippen LogP contribution in [0.1, 0.15) is 12.0 Å². The van der Waals surface area contributed by atoms with Crippen LogP contribution in [0.2, 0.25) is 0 Å². The fourth-order valence-corrected chi connectivity index (χ4v) is 5.29. The molecule has 2 N–H and O–H groups in total. The van der Waals surface area contributed by atoms with Crippen LogP contribution in [0.15, 0.2) is 54.7 Å². The lowest BCUT2D eigenvalue weighted by molar-refractivity contribution is 0.292. The molecular weight excluding hydrogens is 412 g/mol. The number of aromatic nitrogens is 3. The number of nitrogens with one attached hydrogen (secondary N) is 2. The molecule has 2 bridgehead atoms. The van der Waals surface area contributed by atoms with Crippen molar-refractivity contribution in [3.8, 4) is 17.1 Å². The third-order valence-electron chi connectivity index (χ3n) is 7.04. The predicted molar refractivity (Wildman–Crippen MR) is 133 cm³/mol. The van der Waals surface area contributed by atoms with E-state index in [4.69, 9.17) is 9.72 Å². The average Bonchev–Trinajstić information content (AvgIpc) is 3.52. The number of H-pyrrole nitrogens is 1. The number of aromatic amines is 1. The summed E-state index contributed by atoms with van der Waals surface area (Å²) in [6.45, 7) is 4.47. The maximum atomic E-state index is 5.33. The van der Waals surface area contributed by atoms with E-state index >= 15 is 0 Å². The van der Waals surface area contributed by atoms with Crippen molar-refractivity contribution >= 4 is 28.2 Å². The molecule has 2 aromatic carbocycles. The van der Waals surface area contributed by atoms with Gasteiger partial charge in [0.25, 0.3) is 0 Å². The van der Waals surface area contributed by atoms with E-state index in [1.807, 2.05) is 24.3 Å². The van der Waals surface area contributed by atoms with Crippen LogP contribution in [0, 0.1) is 6.92 Å². The summed E-state index contributed by atoms with van der Waals surface area (Å²) in [4.78, 5) is 17.7. The molecule has 33 heavy (non-hydrogen) atoms. The summed E-state index contributed by atoms with van der Waals surface area (Å²) in [7, 11) is 3.91. The van der Waals surface area contributed by atoms with E-state index in [0.29, 0.717) is 18.0 Å². The molecule has 2 atom stereocenters. The van der Waals surface area contributed by atoms with Gasteiger partial charge in [0, 0.05) is 59.7 Å². The van der Waals surface area contributed by atoms with Crippen molar-refractivity contribution in [1.29, 1.82) is 0 Å². The van der Waals surface area contributed by atoms with Gasteiger partial charge in [-0.15, -0.1) is 0 Å². The van der Waals surface area contributed by atoms with E-state index in [2.05, 4.69) is 63.3 Å². The highest BCUT2D eigenvalue weighted by Gasteiger charge is 2.41. The Morgan fingerprint density at radius 2 is 1.97 bits per heavy atom. The molecule has 2 unspecified atom stereocenters. The van der Waals surface area contributed by atoms with Gasteiger partial charge in [-0.25, -0.2) is 9.97 Å². The fourth-order valence-electron chi connectivity index (χ4n) is 5.29. The van der Waals surface area contributed by atoms with Crippen LogP contribution in [0.4, 0.5) is 17.3 Å². The number of anilines is 3. The van der Waals surface area contributed by atoms with E-state index in [0.717, 1.165) is 46.8 Å². The Labute approximate surface area is 193 Å². The number of hydrogen-bond donors (Lipinski definition) is 2. The van der Waals surface area contributed by atoms with Gasteiger partial charge in [-0.05, 0) is 68.4 Å². The molecule has 4 aromatic rings. The number of benzene rings is 2. The largest absolute Gasteiger partial charge is 0.497 e. The number of methoxy groups -OCH3 is 1. The molecule has 2 fully saturated rings. The molecule has 7 nitrogen and oxygen atoms in total. The first-order valence-corrected chi connectivity index (χ1v) is 11.4. The summed E-state index contributed by atoms with van der Waals surface area (Å²) in [6, 6.07) is 17.9. The molecule has 2 aliphatic rings. The second-order valence-electron chi connectivity index (χ2n) is 9.16. The van der Waals surface area contributed by atoms with Crippen molar-refractivity contribution in [3.63, 3.8) is 0 Å².